The number of benzene rings is 1. The highest BCUT2D eigenvalue weighted by molar-refractivity contribution is 6.11. The van der Waals surface area contributed by atoms with Crippen LogP contribution in [0.4, 0.5) is 26.8 Å². The van der Waals surface area contributed by atoms with Crippen LogP contribution in [0.25, 0.3) is 0 Å². The van der Waals surface area contributed by atoms with Crippen molar-refractivity contribution < 1.29 is 38.1 Å². The van der Waals surface area contributed by atoms with Crippen LogP contribution >= 0.6 is 0 Å². The zero-order chi connectivity index (χ0) is 33.2. The number of pyridine rings is 1. The second kappa shape index (κ2) is 15.7. The molecule has 0 bridgehead atoms. The monoisotopic (exact) mass is 627 g/mol. The molecule has 3 rings (SSSR count). The lowest BCUT2D eigenvalue weighted by Gasteiger charge is -2.25. The first-order valence-electron chi connectivity index (χ1n) is 14.9. The molecule has 1 aliphatic rings. The van der Waals surface area contributed by atoms with Crippen molar-refractivity contribution in [2.75, 3.05) is 55.1 Å². The summed E-state index contributed by atoms with van der Waals surface area (Å²) in [5.74, 6) is -0.452. The topological polar surface area (TPSA) is 157 Å². The van der Waals surface area contributed by atoms with E-state index in [9.17, 15) is 19.2 Å². The number of alkyl carbamates (subject to hydrolysis) is 1. The minimum Gasteiger partial charge on any atom is -0.444 e. The van der Waals surface area contributed by atoms with Gasteiger partial charge in [-0.05, 0) is 84.2 Å². The zero-order valence-corrected chi connectivity index (χ0v) is 27.2. The van der Waals surface area contributed by atoms with Crippen LogP contribution in [0.3, 0.4) is 0 Å². The van der Waals surface area contributed by atoms with Gasteiger partial charge in [0.15, 0.2) is 0 Å². The van der Waals surface area contributed by atoms with Crippen LogP contribution in [0.5, 0.6) is 0 Å². The molecular weight excluding hydrogens is 582 g/mol. The van der Waals surface area contributed by atoms with Crippen LogP contribution in [0, 0.1) is 6.92 Å². The third-order valence-electron chi connectivity index (χ3n) is 6.16. The maximum Gasteiger partial charge on any atom is 0.414 e. The minimum atomic E-state index is -0.681. The Labute approximate surface area is 264 Å². The van der Waals surface area contributed by atoms with Gasteiger partial charge in [0, 0.05) is 19.3 Å². The molecular formula is C32H45N5O8. The van der Waals surface area contributed by atoms with E-state index in [-0.39, 0.29) is 50.0 Å². The predicted octanol–water partition coefficient (Wildman–Crippen LogP) is 4.83. The summed E-state index contributed by atoms with van der Waals surface area (Å²) in [5, 5.41) is 8.18. The lowest BCUT2D eigenvalue weighted by molar-refractivity contribution is -0.117. The summed E-state index contributed by atoms with van der Waals surface area (Å²) in [6, 6.07) is 6.84. The lowest BCUT2D eigenvalue weighted by atomic mass is 10.0. The molecule has 2 aromatic rings. The van der Waals surface area contributed by atoms with Gasteiger partial charge >= 0.3 is 12.2 Å². The number of rotatable bonds is 12. The van der Waals surface area contributed by atoms with E-state index in [2.05, 4.69) is 20.9 Å². The van der Waals surface area contributed by atoms with Crippen molar-refractivity contribution in [3.05, 3.63) is 47.2 Å². The van der Waals surface area contributed by atoms with Gasteiger partial charge in [0.1, 0.15) is 17.0 Å². The number of ether oxygens (including phenoxy) is 4. The van der Waals surface area contributed by atoms with E-state index in [0.717, 1.165) is 11.1 Å². The van der Waals surface area contributed by atoms with E-state index >= 15 is 0 Å². The molecule has 2 heterocycles. The van der Waals surface area contributed by atoms with Gasteiger partial charge in [0.05, 0.1) is 49.8 Å². The van der Waals surface area contributed by atoms with Gasteiger partial charge in [-0.15, -0.1) is 0 Å². The number of anilines is 3. The maximum absolute atomic E-state index is 13.3. The molecule has 1 aromatic heterocycles. The molecule has 0 fully saturated rings. The fraction of sp³-hybridized carbons (Fsp3) is 0.531. The Hall–Kier alpha value is -4.23. The number of aryl methyl sites for hydroxylation is 1. The first-order valence-corrected chi connectivity index (χ1v) is 14.9. The van der Waals surface area contributed by atoms with E-state index in [1.54, 1.807) is 65.9 Å². The van der Waals surface area contributed by atoms with Gasteiger partial charge in [-0.3, -0.25) is 14.5 Å². The molecule has 0 unspecified atom stereocenters. The highest BCUT2D eigenvalue weighted by Gasteiger charge is 2.31. The number of amides is 4. The smallest absolute Gasteiger partial charge is 0.414 e. The van der Waals surface area contributed by atoms with E-state index in [1.165, 1.54) is 4.90 Å². The molecule has 13 heteroatoms. The molecule has 0 spiro atoms. The Morgan fingerprint density at radius 1 is 0.889 bits per heavy atom. The van der Waals surface area contributed by atoms with Crippen LogP contribution in [0.15, 0.2) is 30.5 Å². The van der Waals surface area contributed by atoms with Crippen molar-refractivity contribution in [1.82, 2.24) is 10.3 Å². The molecule has 0 saturated carbocycles. The Morgan fingerprint density at radius 3 is 2.22 bits per heavy atom. The third-order valence-corrected chi connectivity index (χ3v) is 6.16. The fourth-order valence-corrected chi connectivity index (χ4v) is 4.20. The van der Waals surface area contributed by atoms with Crippen LogP contribution in [-0.4, -0.2) is 79.7 Å². The van der Waals surface area contributed by atoms with Crippen molar-refractivity contribution >= 4 is 41.2 Å². The first kappa shape index (κ1) is 35.3. The molecule has 4 amide bonds. The van der Waals surface area contributed by atoms with Gasteiger partial charge < -0.3 is 34.9 Å². The number of fused-ring (bicyclic) bond motifs is 1. The van der Waals surface area contributed by atoms with Gasteiger partial charge in [-0.25, -0.2) is 14.6 Å². The standard InChI is InChI=1S/C32H45N5O8/c1-21-8-9-26(34-20-21)36-28(39)23-18-22-10-13-37(30(41)45-32(5,6)7)25(22)19-24(23)35-27(38)11-14-42-16-17-43-15-12-33-29(40)44-31(2,3)4/h8-9,18-20H,10-17H2,1-7H3,(H,33,40)(H,35,38)(H,34,36,39). The van der Waals surface area contributed by atoms with E-state index < -0.39 is 29.3 Å². The van der Waals surface area contributed by atoms with Crippen LogP contribution < -0.4 is 20.9 Å². The molecule has 13 nitrogen and oxygen atoms in total. The third kappa shape index (κ3) is 12.0. The minimum absolute atomic E-state index is 0.0215. The number of aromatic nitrogens is 1. The van der Waals surface area contributed by atoms with Crippen molar-refractivity contribution in [2.45, 2.75) is 72.5 Å². The SMILES string of the molecule is Cc1ccc(NC(=O)c2cc3c(cc2NC(=O)CCOCCOCCNC(=O)OC(C)(C)C)N(C(=O)OC(C)(C)C)CC3)nc1. The van der Waals surface area contributed by atoms with Crippen molar-refractivity contribution in [3.63, 3.8) is 0 Å². The quantitative estimate of drug-likeness (QED) is 0.281. The normalized spacial score (nSPS) is 12.7. The zero-order valence-electron chi connectivity index (χ0n) is 27.2. The fourth-order valence-electron chi connectivity index (χ4n) is 4.20. The summed E-state index contributed by atoms with van der Waals surface area (Å²) in [6.45, 7) is 14.2. The number of carbonyl (C=O) groups is 4. The molecule has 0 aliphatic carbocycles. The molecule has 0 saturated heterocycles. The number of hydrogen-bond acceptors (Lipinski definition) is 9. The first-order chi connectivity index (χ1) is 21.1. The van der Waals surface area contributed by atoms with Crippen molar-refractivity contribution in [2.24, 2.45) is 0 Å². The highest BCUT2D eigenvalue weighted by Crippen LogP contribution is 2.35. The van der Waals surface area contributed by atoms with Gasteiger partial charge in [-0.1, -0.05) is 6.07 Å². The Balaban J connectivity index is 1.57. The van der Waals surface area contributed by atoms with Crippen LogP contribution in [-0.2, 0) is 30.2 Å². The summed E-state index contributed by atoms with van der Waals surface area (Å²) in [4.78, 5) is 56.5. The molecule has 1 aromatic carbocycles. The largest absolute Gasteiger partial charge is 0.444 e. The Morgan fingerprint density at radius 2 is 1.58 bits per heavy atom. The van der Waals surface area contributed by atoms with E-state index in [0.29, 0.717) is 31.0 Å². The number of nitrogens with zero attached hydrogens (tertiary/aromatic N) is 2. The molecule has 3 N–H and O–H groups in total. The number of nitrogens with one attached hydrogen (secondary N) is 3. The average Bonchev–Trinajstić information content (AvgIpc) is 3.34. The molecule has 246 valence electrons. The van der Waals surface area contributed by atoms with Crippen molar-refractivity contribution in [3.8, 4) is 0 Å². The van der Waals surface area contributed by atoms with Gasteiger partial charge in [0.25, 0.3) is 5.91 Å². The second-order valence-electron chi connectivity index (χ2n) is 12.5. The summed E-state index contributed by atoms with van der Waals surface area (Å²) in [5.41, 5.74) is 1.54. The second-order valence-corrected chi connectivity index (χ2v) is 12.5. The summed E-state index contributed by atoms with van der Waals surface area (Å²) in [7, 11) is 0. The van der Waals surface area contributed by atoms with Crippen LogP contribution in [0.1, 0.15) is 69.4 Å². The number of carbonyl (C=O) groups excluding carboxylic acids is 4. The van der Waals surface area contributed by atoms with Gasteiger partial charge in [-0.2, -0.15) is 0 Å². The molecule has 1 aliphatic heterocycles. The van der Waals surface area contributed by atoms with Crippen molar-refractivity contribution in [1.29, 1.82) is 0 Å². The maximum atomic E-state index is 13.3. The summed E-state index contributed by atoms with van der Waals surface area (Å²) >= 11 is 0. The summed E-state index contributed by atoms with van der Waals surface area (Å²) < 4.78 is 21.7. The highest BCUT2D eigenvalue weighted by atomic mass is 16.6. The van der Waals surface area contributed by atoms with E-state index in [4.69, 9.17) is 18.9 Å². The van der Waals surface area contributed by atoms with Gasteiger partial charge in [0.2, 0.25) is 5.91 Å². The van der Waals surface area contributed by atoms with Crippen LogP contribution in [0.2, 0.25) is 0 Å². The average molecular weight is 628 g/mol. The van der Waals surface area contributed by atoms with E-state index in [1.807, 2.05) is 13.0 Å². The summed E-state index contributed by atoms with van der Waals surface area (Å²) in [6.07, 6.45) is 1.18. The Bertz CT molecular complexity index is 1350. The molecule has 0 radical (unpaired) electrons. The lowest BCUT2D eigenvalue weighted by Crippen LogP contribution is -2.35. The molecule has 0 atom stereocenters. The predicted molar refractivity (Wildman–Crippen MR) is 170 cm³/mol. The Kier molecular flexibility index (Phi) is 12.3. The number of hydrogen-bond donors (Lipinski definition) is 3. The molecule has 45 heavy (non-hydrogen) atoms.